The van der Waals surface area contributed by atoms with Crippen molar-refractivity contribution < 1.29 is 4.52 Å². The number of likely N-dealkylation sites (N-methyl/N-ethyl adjacent to an activating group) is 1. The number of nitrogens with zero attached hydrogens (tertiary/aromatic N) is 2. The van der Waals surface area contributed by atoms with Crippen molar-refractivity contribution in [2.45, 2.75) is 41.9 Å². The van der Waals surface area contributed by atoms with Crippen LogP contribution < -0.4 is 5.32 Å². The Morgan fingerprint density at radius 3 is 2.95 bits per heavy atom. The summed E-state index contributed by atoms with van der Waals surface area (Å²) in [5, 5.41) is 7.46. The van der Waals surface area contributed by atoms with Gasteiger partial charge in [-0.3, -0.25) is 0 Å². The Hall–Kier alpha value is -1.33. The molecule has 2 aromatic rings. The first-order chi connectivity index (χ1) is 9.86. The third-order valence-corrected chi connectivity index (χ3v) is 4.81. The van der Waals surface area contributed by atoms with Crippen molar-refractivity contribution >= 4 is 11.8 Å². The molecule has 0 bridgehead atoms. The van der Waals surface area contributed by atoms with Gasteiger partial charge in [0, 0.05) is 10.9 Å². The van der Waals surface area contributed by atoms with Crippen molar-refractivity contribution in [1.82, 2.24) is 15.5 Å². The summed E-state index contributed by atoms with van der Waals surface area (Å²) in [5.41, 5.74) is 0. The third-order valence-electron chi connectivity index (χ3n) is 3.80. The SMILES string of the molecule is CNC1CCCC1c1nc(CSc2ccccc2)no1. The molecule has 1 aliphatic rings. The van der Waals surface area contributed by atoms with E-state index in [9.17, 15) is 0 Å². The summed E-state index contributed by atoms with van der Waals surface area (Å²) in [7, 11) is 2.01. The molecule has 1 fully saturated rings. The lowest BCUT2D eigenvalue weighted by Crippen LogP contribution is -2.27. The van der Waals surface area contributed by atoms with E-state index in [0.717, 1.165) is 23.9 Å². The molecule has 4 nitrogen and oxygen atoms in total. The molecule has 2 unspecified atom stereocenters. The van der Waals surface area contributed by atoms with Gasteiger partial charge in [-0.05, 0) is 32.0 Å². The number of nitrogens with one attached hydrogen (secondary N) is 1. The van der Waals surface area contributed by atoms with Crippen LogP contribution in [0.1, 0.15) is 36.9 Å². The van der Waals surface area contributed by atoms with E-state index >= 15 is 0 Å². The Bertz CT molecular complexity index is 543. The Kier molecular flexibility index (Phi) is 4.38. The number of thioether (sulfide) groups is 1. The minimum absolute atomic E-state index is 0.378. The lowest BCUT2D eigenvalue weighted by atomic mass is 10.0. The molecule has 0 aliphatic heterocycles. The van der Waals surface area contributed by atoms with E-state index in [2.05, 4.69) is 27.6 Å². The molecule has 5 heteroatoms. The molecule has 106 valence electrons. The highest BCUT2D eigenvalue weighted by Gasteiger charge is 2.31. The summed E-state index contributed by atoms with van der Waals surface area (Å²) >= 11 is 1.74. The summed E-state index contributed by atoms with van der Waals surface area (Å²) in [6.07, 6.45) is 3.56. The fraction of sp³-hybridized carbons (Fsp3) is 0.467. The highest BCUT2D eigenvalue weighted by atomic mass is 32.2. The van der Waals surface area contributed by atoms with Gasteiger partial charge in [0.15, 0.2) is 5.82 Å². The first-order valence-corrected chi connectivity index (χ1v) is 8.03. The zero-order valence-corrected chi connectivity index (χ0v) is 12.4. The largest absolute Gasteiger partial charge is 0.339 e. The van der Waals surface area contributed by atoms with E-state index in [4.69, 9.17) is 4.52 Å². The highest BCUT2D eigenvalue weighted by molar-refractivity contribution is 7.98. The fourth-order valence-corrected chi connectivity index (χ4v) is 3.51. The van der Waals surface area contributed by atoms with E-state index in [1.807, 2.05) is 25.2 Å². The van der Waals surface area contributed by atoms with Gasteiger partial charge in [-0.1, -0.05) is 29.8 Å². The average molecular weight is 289 g/mol. The molecule has 1 N–H and O–H groups in total. The first-order valence-electron chi connectivity index (χ1n) is 7.04. The Morgan fingerprint density at radius 2 is 2.15 bits per heavy atom. The van der Waals surface area contributed by atoms with Crippen LogP contribution in [-0.4, -0.2) is 23.2 Å². The zero-order chi connectivity index (χ0) is 13.8. The number of benzene rings is 1. The van der Waals surface area contributed by atoms with Crippen molar-refractivity contribution in [3.05, 3.63) is 42.0 Å². The van der Waals surface area contributed by atoms with E-state index < -0.39 is 0 Å². The molecule has 20 heavy (non-hydrogen) atoms. The van der Waals surface area contributed by atoms with Crippen LogP contribution in [0, 0.1) is 0 Å². The Labute approximate surface area is 123 Å². The molecule has 1 saturated carbocycles. The van der Waals surface area contributed by atoms with E-state index in [-0.39, 0.29) is 0 Å². The van der Waals surface area contributed by atoms with Crippen LogP contribution in [0.25, 0.3) is 0 Å². The first kappa shape index (κ1) is 13.6. The van der Waals surface area contributed by atoms with E-state index in [1.165, 1.54) is 17.7 Å². The van der Waals surface area contributed by atoms with E-state index in [0.29, 0.717) is 12.0 Å². The van der Waals surface area contributed by atoms with Crippen molar-refractivity contribution in [3.8, 4) is 0 Å². The van der Waals surface area contributed by atoms with Crippen molar-refractivity contribution in [1.29, 1.82) is 0 Å². The zero-order valence-electron chi connectivity index (χ0n) is 11.6. The maximum Gasteiger partial charge on any atom is 0.231 e. The van der Waals surface area contributed by atoms with Gasteiger partial charge < -0.3 is 9.84 Å². The predicted octanol–water partition coefficient (Wildman–Crippen LogP) is 3.22. The van der Waals surface area contributed by atoms with Crippen LogP contribution in [-0.2, 0) is 5.75 Å². The summed E-state index contributed by atoms with van der Waals surface area (Å²) in [5.74, 6) is 2.72. The maximum atomic E-state index is 5.45. The van der Waals surface area contributed by atoms with Crippen LogP contribution in [0.2, 0.25) is 0 Å². The second-order valence-electron chi connectivity index (χ2n) is 5.08. The molecule has 1 aliphatic carbocycles. The monoisotopic (exact) mass is 289 g/mol. The number of hydrogen-bond donors (Lipinski definition) is 1. The molecular formula is C15H19N3OS. The highest BCUT2D eigenvalue weighted by Crippen LogP contribution is 2.33. The van der Waals surface area contributed by atoms with Crippen molar-refractivity contribution in [3.63, 3.8) is 0 Å². The predicted molar refractivity (Wildman–Crippen MR) is 79.7 cm³/mol. The van der Waals surface area contributed by atoms with Crippen LogP contribution >= 0.6 is 11.8 Å². The van der Waals surface area contributed by atoms with Crippen molar-refractivity contribution in [2.24, 2.45) is 0 Å². The molecule has 0 saturated heterocycles. The minimum atomic E-state index is 0.378. The van der Waals surface area contributed by atoms with Gasteiger partial charge in [0.25, 0.3) is 0 Å². The Balaban J connectivity index is 1.62. The van der Waals surface area contributed by atoms with Gasteiger partial charge >= 0.3 is 0 Å². The fourth-order valence-electron chi connectivity index (χ4n) is 2.74. The molecule has 1 aromatic carbocycles. The molecule has 0 spiro atoms. The molecular weight excluding hydrogens is 270 g/mol. The molecule has 2 atom stereocenters. The van der Waals surface area contributed by atoms with Gasteiger partial charge in [0.05, 0.1) is 11.7 Å². The maximum absolute atomic E-state index is 5.45. The molecule has 1 heterocycles. The Morgan fingerprint density at radius 1 is 1.30 bits per heavy atom. The lowest BCUT2D eigenvalue weighted by Gasteiger charge is -2.14. The van der Waals surface area contributed by atoms with Gasteiger partial charge in [0.1, 0.15) is 0 Å². The molecule has 3 rings (SSSR count). The average Bonchev–Trinajstić information content (AvgIpc) is 3.14. The summed E-state index contributed by atoms with van der Waals surface area (Å²) in [6.45, 7) is 0. The van der Waals surface area contributed by atoms with Crippen molar-refractivity contribution in [2.75, 3.05) is 7.05 Å². The van der Waals surface area contributed by atoms with Gasteiger partial charge in [-0.2, -0.15) is 4.98 Å². The number of aromatic nitrogens is 2. The quantitative estimate of drug-likeness (QED) is 0.857. The smallest absolute Gasteiger partial charge is 0.231 e. The van der Waals surface area contributed by atoms with Crippen LogP contribution in [0.4, 0.5) is 0 Å². The van der Waals surface area contributed by atoms with Crippen LogP contribution in [0.5, 0.6) is 0 Å². The topological polar surface area (TPSA) is 51.0 Å². The van der Waals surface area contributed by atoms with Gasteiger partial charge in [-0.25, -0.2) is 0 Å². The third kappa shape index (κ3) is 3.04. The lowest BCUT2D eigenvalue weighted by molar-refractivity contribution is 0.333. The summed E-state index contributed by atoms with van der Waals surface area (Å²) in [6, 6.07) is 10.8. The number of hydrogen-bond acceptors (Lipinski definition) is 5. The second-order valence-corrected chi connectivity index (χ2v) is 6.13. The summed E-state index contributed by atoms with van der Waals surface area (Å²) in [4.78, 5) is 5.80. The normalized spacial score (nSPS) is 22.2. The molecule has 0 radical (unpaired) electrons. The molecule has 1 aromatic heterocycles. The van der Waals surface area contributed by atoms with Crippen LogP contribution in [0.15, 0.2) is 39.8 Å². The van der Waals surface area contributed by atoms with Gasteiger partial charge in [0.2, 0.25) is 5.89 Å². The minimum Gasteiger partial charge on any atom is -0.339 e. The standard InChI is InChI=1S/C15H19N3OS/c1-16-13-9-5-8-12(13)15-17-14(18-19-15)10-20-11-6-3-2-4-7-11/h2-4,6-7,12-13,16H,5,8-10H2,1H3. The second kappa shape index (κ2) is 6.41. The van der Waals surface area contributed by atoms with E-state index in [1.54, 1.807) is 11.8 Å². The van der Waals surface area contributed by atoms with Gasteiger partial charge in [-0.15, -0.1) is 11.8 Å². The summed E-state index contributed by atoms with van der Waals surface area (Å²) < 4.78 is 5.45. The number of rotatable bonds is 5. The van der Waals surface area contributed by atoms with Crippen LogP contribution in [0.3, 0.4) is 0 Å². The molecule has 0 amide bonds.